The summed E-state index contributed by atoms with van der Waals surface area (Å²) in [6, 6.07) is 25.5. The lowest BCUT2D eigenvalue weighted by atomic mass is 10.0. The van der Waals surface area contributed by atoms with Crippen molar-refractivity contribution < 1.29 is 14.3 Å². The number of aromatic nitrogens is 1. The molecule has 35 heavy (non-hydrogen) atoms. The molecule has 0 aliphatic carbocycles. The van der Waals surface area contributed by atoms with E-state index in [0.717, 1.165) is 41.1 Å². The van der Waals surface area contributed by atoms with Gasteiger partial charge in [0.1, 0.15) is 17.7 Å². The Morgan fingerprint density at radius 3 is 2.57 bits per heavy atom. The van der Waals surface area contributed by atoms with Crippen molar-refractivity contribution in [3.8, 4) is 5.75 Å². The van der Waals surface area contributed by atoms with E-state index in [1.807, 2.05) is 66.7 Å². The third kappa shape index (κ3) is 3.74. The summed E-state index contributed by atoms with van der Waals surface area (Å²) in [5, 5.41) is 4.66. The van der Waals surface area contributed by atoms with Gasteiger partial charge in [0.05, 0.1) is 37.1 Å². The fourth-order valence-electron chi connectivity index (χ4n) is 4.90. The van der Waals surface area contributed by atoms with Crippen molar-refractivity contribution in [2.24, 2.45) is 0 Å². The van der Waals surface area contributed by atoms with Crippen LogP contribution in [0.15, 0.2) is 78.9 Å². The first-order valence-electron chi connectivity index (χ1n) is 11.8. The van der Waals surface area contributed by atoms with Gasteiger partial charge in [0, 0.05) is 29.7 Å². The molecule has 3 aromatic carbocycles. The third-order valence-electron chi connectivity index (χ3n) is 6.61. The Kier molecular flexibility index (Phi) is 5.47. The van der Waals surface area contributed by atoms with Gasteiger partial charge in [0.2, 0.25) is 0 Å². The molecule has 1 N–H and O–H groups in total. The normalized spacial score (nSPS) is 17.7. The monoisotopic (exact) mass is 466 g/mol. The highest BCUT2D eigenvalue weighted by Crippen LogP contribution is 2.43. The number of benzene rings is 3. The molecule has 4 aromatic rings. The van der Waals surface area contributed by atoms with Crippen molar-refractivity contribution in [1.29, 1.82) is 0 Å². The smallest absolute Gasteiger partial charge is 0.262 e. The lowest BCUT2D eigenvalue weighted by Gasteiger charge is -2.40. The molecule has 6 rings (SSSR count). The zero-order valence-corrected chi connectivity index (χ0v) is 19.5. The topological polar surface area (TPSA) is 66.9 Å². The summed E-state index contributed by atoms with van der Waals surface area (Å²) in [6.45, 7) is 2.77. The predicted octanol–water partition coefficient (Wildman–Crippen LogP) is 4.85. The molecule has 176 valence electrons. The summed E-state index contributed by atoms with van der Waals surface area (Å²) < 4.78 is 11.3. The van der Waals surface area contributed by atoms with Crippen LogP contribution >= 0.6 is 0 Å². The van der Waals surface area contributed by atoms with Crippen molar-refractivity contribution in [3.63, 3.8) is 0 Å². The number of nitrogens with one attached hydrogen (secondary N) is 1. The largest absolute Gasteiger partial charge is 0.495 e. The van der Waals surface area contributed by atoms with Gasteiger partial charge in [-0.05, 0) is 36.4 Å². The third-order valence-corrected chi connectivity index (χ3v) is 6.61. The zero-order valence-electron chi connectivity index (χ0n) is 19.5. The molecule has 1 amide bonds. The van der Waals surface area contributed by atoms with Crippen LogP contribution in [0, 0.1) is 0 Å². The molecule has 1 fully saturated rings. The van der Waals surface area contributed by atoms with Crippen molar-refractivity contribution in [2.75, 3.05) is 48.5 Å². The van der Waals surface area contributed by atoms with E-state index in [9.17, 15) is 4.79 Å². The predicted molar refractivity (Wildman–Crippen MR) is 137 cm³/mol. The molecule has 1 saturated heterocycles. The van der Waals surface area contributed by atoms with Crippen LogP contribution in [0.25, 0.3) is 10.9 Å². The van der Waals surface area contributed by atoms with Crippen molar-refractivity contribution in [3.05, 3.63) is 90.0 Å². The van der Waals surface area contributed by atoms with Gasteiger partial charge >= 0.3 is 0 Å². The fraction of sp³-hybridized carbons (Fsp3) is 0.214. The summed E-state index contributed by atoms with van der Waals surface area (Å²) in [5.74, 6) is 1.40. The number of rotatable bonds is 4. The first-order chi connectivity index (χ1) is 17.2. The van der Waals surface area contributed by atoms with E-state index < -0.39 is 6.17 Å². The number of carbonyl (C=O) groups is 1. The lowest BCUT2D eigenvalue weighted by Crippen LogP contribution is -2.45. The molecule has 7 nitrogen and oxygen atoms in total. The number of pyridine rings is 1. The number of anilines is 3. The molecule has 1 aromatic heterocycles. The quantitative estimate of drug-likeness (QED) is 0.464. The minimum absolute atomic E-state index is 0.0880. The second kappa shape index (κ2) is 8.92. The highest BCUT2D eigenvalue weighted by atomic mass is 16.5. The number of para-hydroxylation sites is 4. The average Bonchev–Trinajstić information content (AvgIpc) is 2.93. The maximum atomic E-state index is 14.0. The van der Waals surface area contributed by atoms with E-state index in [1.54, 1.807) is 12.0 Å². The SMILES string of the molecule is COc1ccccc1N1C(=O)c2ccccc2N[C@H]1c1cc2ccccc2nc1N1CCOCC1. The van der Waals surface area contributed by atoms with E-state index >= 15 is 0 Å². The Morgan fingerprint density at radius 2 is 1.71 bits per heavy atom. The summed E-state index contributed by atoms with van der Waals surface area (Å²) in [4.78, 5) is 23.1. The summed E-state index contributed by atoms with van der Waals surface area (Å²) in [7, 11) is 1.63. The number of carbonyl (C=O) groups excluding carboxylic acids is 1. The number of fused-ring (bicyclic) bond motifs is 2. The van der Waals surface area contributed by atoms with Gasteiger partial charge in [-0.2, -0.15) is 0 Å². The molecule has 0 bridgehead atoms. The number of morpholine rings is 1. The van der Waals surface area contributed by atoms with Crippen molar-refractivity contribution in [1.82, 2.24) is 4.98 Å². The zero-order chi connectivity index (χ0) is 23.8. The highest BCUT2D eigenvalue weighted by molar-refractivity contribution is 6.13. The number of methoxy groups -OCH3 is 1. The molecule has 0 spiro atoms. The van der Waals surface area contributed by atoms with E-state index in [1.165, 1.54) is 0 Å². The molecular weight excluding hydrogens is 440 g/mol. The van der Waals surface area contributed by atoms with Crippen molar-refractivity contribution in [2.45, 2.75) is 6.17 Å². The number of ether oxygens (including phenoxy) is 2. The van der Waals surface area contributed by atoms with Crippen LogP contribution in [-0.2, 0) is 4.74 Å². The van der Waals surface area contributed by atoms with E-state index in [0.29, 0.717) is 30.2 Å². The molecule has 3 heterocycles. The molecule has 0 saturated carbocycles. The maximum absolute atomic E-state index is 14.0. The van der Waals surface area contributed by atoms with Gasteiger partial charge in [-0.1, -0.05) is 42.5 Å². The number of nitrogens with zero attached hydrogens (tertiary/aromatic N) is 3. The highest BCUT2D eigenvalue weighted by Gasteiger charge is 2.38. The minimum atomic E-state index is -0.483. The van der Waals surface area contributed by atoms with Crippen LogP contribution in [0.4, 0.5) is 17.2 Å². The van der Waals surface area contributed by atoms with E-state index in [4.69, 9.17) is 14.5 Å². The minimum Gasteiger partial charge on any atom is -0.495 e. The van der Waals surface area contributed by atoms with Crippen LogP contribution < -0.4 is 19.9 Å². The van der Waals surface area contributed by atoms with Crippen molar-refractivity contribution >= 4 is 34.0 Å². The Hall–Kier alpha value is -4.10. The first kappa shape index (κ1) is 21.4. The van der Waals surface area contributed by atoms with Gasteiger partial charge in [-0.25, -0.2) is 4.98 Å². The van der Waals surface area contributed by atoms with Crippen LogP contribution in [0.5, 0.6) is 5.75 Å². The van der Waals surface area contributed by atoms with Gasteiger partial charge in [0.25, 0.3) is 5.91 Å². The number of hydrogen-bond acceptors (Lipinski definition) is 6. The Morgan fingerprint density at radius 1 is 0.971 bits per heavy atom. The summed E-state index contributed by atoms with van der Waals surface area (Å²) in [5.41, 5.74) is 3.97. The molecule has 2 aliphatic rings. The molecule has 7 heteroatoms. The maximum Gasteiger partial charge on any atom is 0.262 e. The molecule has 0 radical (unpaired) electrons. The fourth-order valence-corrected chi connectivity index (χ4v) is 4.90. The van der Waals surface area contributed by atoms with E-state index in [-0.39, 0.29) is 5.91 Å². The van der Waals surface area contributed by atoms with Gasteiger partial charge < -0.3 is 19.7 Å². The molecule has 1 atom stereocenters. The summed E-state index contributed by atoms with van der Waals surface area (Å²) in [6.07, 6.45) is -0.483. The van der Waals surface area contributed by atoms with E-state index in [2.05, 4.69) is 22.3 Å². The molecular formula is C28H26N4O3. The van der Waals surface area contributed by atoms with Crippen LogP contribution in [-0.4, -0.2) is 44.3 Å². The number of amides is 1. The van der Waals surface area contributed by atoms with Gasteiger partial charge in [-0.15, -0.1) is 0 Å². The van der Waals surface area contributed by atoms with Gasteiger partial charge in [0.15, 0.2) is 0 Å². The second-order valence-corrected chi connectivity index (χ2v) is 8.63. The molecule has 0 unspecified atom stereocenters. The first-order valence-corrected chi connectivity index (χ1v) is 11.8. The van der Waals surface area contributed by atoms with Crippen LogP contribution in [0.3, 0.4) is 0 Å². The second-order valence-electron chi connectivity index (χ2n) is 8.63. The summed E-state index contributed by atoms with van der Waals surface area (Å²) >= 11 is 0. The molecule has 2 aliphatic heterocycles. The average molecular weight is 467 g/mol. The van der Waals surface area contributed by atoms with Gasteiger partial charge in [-0.3, -0.25) is 9.69 Å². The Balaban J connectivity index is 1.58. The van der Waals surface area contributed by atoms with Crippen LogP contribution in [0.2, 0.25) is 0 Å². The lowest BCUT2D eigenvalue weighted by molar-refractivity contribution is 0.0974. The van der Waals surface area contributed by atoms with Crippen LogP contribution in [0.1, 0.15) is 22.1 Å². The Bertz CT molecular complexity index is 1400. The standard InChI is InChI=1S/C28H26N4O3/c1-34-25-13-7-6-12-24(25)32-27(30-23-11-5-3-9-20(23)28(32)33)21-18-19-8-2-4-10-22(19)29-26(21)31-14-16-35-17-15-31/h2-13,18,27,30H,14-17H2,1H3/t27-/m1/s1. The number of hydrogen-bond donors (Lipinski definition) is 1. The Labute approximate surface area is 203 Å².